The second-order valence-electron chi connectivity index (χ2n) is 9.84. The van der Waals surface area contributed by atoms with E-state index >= 15 is 0 Å². The number of carboxylic acids is 1. The third-order valence-corrected chi connectivity index (χ3v) is 7.57. The van der Waals surface area contributed by atoms with Crippen molar-refractivity contribution in [2.45, 2.75) is 32.5 Å². The highest BCUT2D eigenvalue weighted by Gasteiger charge is 2.23. The number of carbonyl (C=O) groups excluding carboxylic acids is 1. The number of nitriles is 1. The minimum absolute atomic E-state index is 0.349. The van der Waals surface area contributed by atoms with Crippen LogP contribution in [-0.2, 0) is 17.9 Å². The highest BCUT2D eigenvalue weighted by atomic mass is 32.2. The minimum atomic E-state index is -1.04. The number of amides is 1. The zero-order valence-electron chi connectivity index (χ0n) is 23.2. The summed E-state index contributed by atoms with van der Waals surface area (Å²) in [7, 11) is 0. The summed E-state index contributed by atoms with van der Waals surface area (Å²) in [6, 6.07) is 32.6. The first kappa shape index (κ1) is 29.4. The Morgan fingerprint density at radius 3 is 2.22 bits per heavy atom. The molecule has 0 heterocycles. The van der Waals surface area contributed by atoms with Gasteiger partial charge in [-0.1, -0.05) is 60.7 Å². The molecule has 4 rings (SSSR count). The summed E-state index contributed by atoms with van der Waals surface area (Å²) in [5, 5.41) is 21.6. The molecule has 0 spiro atoms. The molecule has 7 heteroatoms. The number of thioether (sulfide) groups is 1. The van der Waals surface area contributed by atoms with Crippen LogP contribution in [0.2, 0.25) is 0 Å². The summed E-state index contributed by atoms with van der Waals surface area (Å²) in [4.78, 5) is 27.5. The van der Waals surface area contributed by atoms with Crippen LogP contribution >= 0.6 is 11.8 Å². The lowest BCUT2D eigenvalue weighted by molar-refractivity contribution is -0.139. The van der Waals surface area contributed by atoms with Crippen LogP contribution in [0.15, 0.2) is 97.1 Å². The molecule has 6 nitrogen and oxygen atoms in total. The fraction of sp³-hybridized carbons (Fsp3) is 0.206. The van der Waals surface area contributed by atoms with E-state index in [-0.39, 0.29) is 0 Å². The quantitative estimate of drug-likeness (QED) is 0.200. The smallest absolute Gasteiger partial charge is 0.326 e. The molecule has 208 valence electrons. The summed E-state index contributed by atoms with van der Waals surface area (Å²) in [5.74, 6) is -0.807. The topological polar surface area (TPSA) is 93.4 Å². The van der Waals surface area contributed by atoms with Crippen LogP contribution in [0.1, 0.15) is 39.0 Å². The van der Waals surface area contributed by atoms with E-state index in [2.05, 4.69) is 28.4 Å². The lowest BCUT2D eigenvalue weighted by Crippen LogP contribution is -2.41. The normalized spacial score (nSPS) is 11.3. The largest absolute Gasteiger partial charge is 0.480 e. The van der Waals surface area contributed by atoms with E-state index in [4.69, 9.17) is 0 Å². The Hall–Kier alpha value is -4.54. The van der Waals surface area contributed by atoms with Crippen molar-refractivity contribution in [2.24, 2.45) is 0 Å². The number of anilines is 1. The Morgan fingerprint density at radius 1 is 0.902 bits per heavy atom. The Bertz CT molecular complexity index is 1530. The van der Waals surface area contributed by atoms with E-state index in [1.807, 2.05) is 92.0 Å². The first-order chi connectivity index (χ1) is 19.9. The van der Waals surface area contributed by atoms with Gasteiger partial charge in [0.25, 0.3) is 5.91 Å². The Morgan fingerprint density at radius 2 is 1.56 bits per heavy atom. The van der Waals surface area contributed by atoms with Crippen LogP contribution in [0.3, 0.4) is 0 Å². The van der Waals surface area contributed by atoms with Gasteiger partial charge in [-0.25, -0.2) is 4.79 Å². The molecule has 41 heavy (non-hydrogen) atoms. The first-order valence-corrected chi connectivity index (χ1v) is 14.8. The van der Waals surface area contributed by atoms with Gasteiger partial charge in [-0.2, -0.15) is 17.0 Å². The second kappa shape index (κ2) is 14.2. The molecule has 1 atom stereocenters. The molecule has 0 aliphatic rings. The van der Waals surface area contributed by atoms with Crippen LogP contribution in [0.5, 0.6) is 0 Å². The van der Waals surface area contributed by atoms with Gasteiger partial charge < -0.3 is 15.3 Å². The predicted octanol–water partition coefficient (Wildman–Crippen LogP) is 6.68. The van der Waals surface area contributed by atoms with Gasteiger partial charge in [0.15, 0.2) is 0 Å². The first-order valence-electron chi connectivity index (χ1n) is 13.4. The van der Waals surface area contributed by atoms with Gasteiger partial charge in [-0.05, 0) is 89.6 Å². The van der Waals surface area contributed by atoms with Crippen LogP contribution < -0.4 is 10.2 Å². The maximum atomic E-state index is 13.5. The molecule has 4 aromatic carbocycles. The Balaban J connectivity index is 1.70. The number of rotatable bonds is 12. The average Bonchev–Trinajstić information content (AvgIpc) is 2.99. The van der Waals surface area contributed by atoms with Crippen LogP contribution in [-0.4, -0.2) is 35.0 Å². The third-order valence-electron chi connectivity index (χ3n) is 6.93. The van der Waals surface area contributed by atoms with Gasteiger partial charge in [0.1, 0.15) is 6.04 Å². The van der Waals surface area contributed by atoms with Crippen molar-refractivity contribution in [2.75, 3.05) is 16.9 Å². The second-order valence-corrected chi connectivity index (χ2v) is 10.8. The van der Waals surface area contributed by atoms with Crippen molar-refractivity contribution in [3.05, 3.63) is 125 Å². The number of nitrogens with one attached hydrogen (secondary N) is 1. The molecule has 0 saturated carbocycles. The predicted molar refractivity (Wildman–Crippen MR) is 166 cm³/mol. The van der Waals surface area contributed by atoms with E-state index in [1.54, 1.807) is 17.8 Å². The summed E-state index contributed by atoms with van der Waals surface area (Å²) < 4.78 is 0. The molecule has 2 N–H and O–H groups in total. The standard InChI is InChI=1S/C34H33N3O3S/c1-24-8-6-7-11-29(24)31-20-27(16-17-30(31)33(38)36-32(34(39)40)18-19-41-2)23-37(28-9-4-3-5-10-28)22-26-14-12-25(21-35)13-15-26/h3-17,20,32H,18-19,22-23H2,1-2H3,(H,36,38)(H,39,40)/t32-/m0/s1. The van der Waals surface area contributed by atoms with Gasteiger partial charge >= 0.3 is 5.97 Å². The molecular formula is C34H33N3O3S. The van der Waals surface area contributed by atoms with E-state index < -0.39 is 17.9 Å². The minimum Gasteiger partial charge on any atom is -0.480 e. The van der Waals surface area contributed by atoms with E-state index in [1.165, 1.54) is 0 Å². The molecule has 0 aromatic heterocycles. The monoisotopic (exact) mass is 563 g/mol. The number of para-hydroxylation sites is 1. The van der Waals surface area contributed by atoms with Crippen molar-refractivity contribution in [3.8, 4) is 17.2 Å². The number of nitrogens with zero attached hydrogens (tertiary/aromatic N) is 2. The number of benzene rings is 4. The van der Waals surface area contributed by atoms with Gasteiger partial charge in [0, 0.05) is 24.3 Å². The van der Waals surface area contributed by atoms with Gasteiger partial charge in [0.05, 0.1) is 11.6 Å². The number of hydrogen-bond acceptors (Lipinski definition) is 5. The number of aliphatic carboxylic acids is 1. The summed E-state index contributed by atoms with van der Waals surface area (Å²) in [6.07, 6.45) is 2.26. The fourth-order valence-electron chi connectivity index (χ4n) is 4.72. The number of hydrogen-bond donors (Lipinski definition) is 2. The number of aryl methyl sites for hydroxylation is 1. The maximum absolute atomic E-state index is 13.5. The fourth-order valence-corrected chi connectivity index (χ4v) is 5.19. The SMILES string of the molecule is CSCC[C@H](NC(=O)c1ccc(CN(Cc2ccc(C#N)cc2)c2ccccc2)cc1-c1ccccc1C)C(=O)O. The molecule has 0 bridgehead atoms. The zero-order valence-corrected chi connectivity index (χ0v) is 24.0. The highest BCUT2D eigenvalue weighted by molar-refractivity contribution is 7.98. The van der Waals surface area contributed by atoms with E-state index in [9.17, 15) is 20.0 Å². The zero-order chi connectivity index (χ0) is 29.2. The summed E-state index contributed by atoms with van der Waals surface area (Å²) >= 11 is 1.55. The van der Waals surface area contributed by atoms with Gasteiger partial charge in [-0.15, -0.1) is 0 Å². The molecule has 0 fully saturated rings. The van der Waals surface area contributed by atoms with Crippen LogP contribution in [0.4, 0.5) is 5.69 Å². The Labute approximate surface area is 245 Å². The summed E-state index contributed by atoms with van der Waals surface area (Å²) in [5.41, 5.74) is 6.91. The molecule has 4 aromatic rings. The van der Waals surface area contributed by atoms with Gasteiger partial charge in [-0.3, -0.25) is 4.79 Å². The van der Waals surface area contributed by atoms with Crippen LogP contribution in [0.25, 0.3) is 11.1 Å². The van der Waals surface area contributed by atoms with Crippen molar-refractivity contribution in [1.82, 2.24) is 5.32 Å². The number of carbonyl (C=O) groups is 2. The molecule has 0 radical (unpaired) electrons. The maximum Gasteiger partial charge on any atom is 0.326 e. The van der Waals surface area contributed by atoms with Crippen molar-refractivity contribution in [3.63, 3.8) is 0 Å². The lowest BCUT2D eigenvalue weighted by Gasteiger charge is -2.26. The lowest BCUT2D eigenvalue weighted by atomic mass is 9.93. The molecule has 0 aliphatic carbocycles. The average molecular weight is 564 g/mol. The Kier molecular flexibility index (Phi) is 10.2. The third kappa shape index (κ3) is 7.77. The number of carboxylic acid groups (broad SMARTS) is 1. The highest BCUT2D eigenvalue weighted by Crippen LogP contribution is 2.30. The molecular weight excluding hydrogens is 530 g/mol. The van der Waals surface area contributed by atoms with E-state index in [0.29, 0.717) is 36.4 Å². The molecule has 0 unspecified atom stereocenters. The molecule has 1 amide bonds. The van der Waals surface area contributed by atoms with Crippen molar-refractivity contribution in [1.29, 1.82) is 5.26 Å². The van der Waals surface area contributed by atoms with Gasteiger partial charge in [0.2, 0.25) is 0 Å². The van der Waals surface area contributed by atoms with Crippen LogP contribution in [0, 0.1) is 18.3 Å². The molecule has 0 aliphatic heterocycles. The molecule has 0 saturated heterocycles. The summed E-state index contributed by atoms with van der Waals surface area (Å²) in [6.45, 7) is 3.22. The van der Waals surface area contributed by atoms with E-state index in [0.717, 1.165) is 33.5 Å². The van der Waals surface area contributed by atoms with Crippen molar-refractivity contribution >= 4 is 29.3 Å². The van der Waals surface area contributed by atoms with Crippen molar-refractivity contribution < 1.29 is 14.7 Å².